The molecule has 110 valence electrons. The van der Waals surface area contributed by atoms with Gasteiger partial charge in [0, 0.05) is 29.4 Å². The van der Waals surface area contributed by atoms with Crippen LogP contribution in [0.25, 0.3) is 5.69 Å². The Bertz CT molecular complexity index is 822. The second-order valence-corrected chi connectivity index (χ2v) is 5.38. The Morgan fingerprint density at radius 3 is 2.59 bits per heavy atom. The number of hydrogen-bond donors (Lipinski definition) is 0. The van der Waals surface area contributed by atoms with E-state index in [1.165, 1.54) is 12.1 Å². The van der Waals surface area contributed by atoms with Crippen LogP contribution in [0, 0.1) is 12.7 Å². The van der Waals surface area contributed by atoms with Crippen molar-refractivity contribution in [2.24, 2.45) is 4.99 Å². The van der Waals surface area contributed by atoms with Crippen LogP contribution in [0.3, 0.4) is 0 Å². The number of para-hydroxylation sites is 1. The summed E-state index contributed by atoms with van der Waals surface area (Å²) in [6, 6.07) is 16.6. The van der Waals surface area contributed by atoms with Crippen molar-refractivity contribution in [3.63, 3.8) is 0 Å². The lowest BCUT2D eigenvalue weighted by Gasteiger charge is -2.04. The number of aromatic nitrogens is 1. The van der Waals surface area contributed by atoms with Crippen LogP contribution in [-0.2, 0) is 0 Å². The van der Waals surface area contributed by atoms with Crippen molar-refractivity contribution in [3.05, 3.63) is 82.9 Å². The average Bonchev–Trinajstić information content (AvgIpc) is 2.90. The summed E-state index contributed by atoms with van der Waals surface area (Å²) in [7, 11) is 0. The summed E-state index contributed by atoms with van der Waals surface area (Å²) in [5.41, 5.74) is 3.81. The van der Waals surface area contributed by atoms with Crippen molar-refractivity contribution < 1.29 is 4.39 Å². The van der Waals surface area contributed by atoms with E-state index in [1.54, 1.807) is 12.3 Å². The lowest BCUT2D eigenvalue weighted by atomic mass is 10.3. The van der Waals surface area contributed by atoms with Crippen molar-refractivity contribution in [3.8, 4) is 5.69 Å². The molecule has 0 aliphatic rings. The lowest BCUT2D eigenvalue weighted by molar-refractivity contribution is 0.628. The predicted molar refractivity (Wildman–Crippen MR) is 89.2 cm³/mol. The summed E-state index contributed by atoms with van der Waals surface area (Å²) in [6.07, 6.45) is 3.76. The molecule has 0 atom stereocenters. The molecule has 1 aromatic heterocycles. The van der Waals surface area contributed by atoms with Gasteiger partial charge in [-0.25, -0.2) is 4.39 Å². The largest absolute Gasteiger partial charge is 0.321 e. The first-order valence-electron chi connectivity index (χ1n) is 6.87. The van der Waals surface area contributed by atoms with Crippen LogP contribution >= 0.6 is 11.6 Å². The van der Waals surface area contributed by atoms with E-state index in [1.807, 2.05) is 49.5 Å². The van der Waals surface area contributed by atoms with Gasteiger partial charge in [-0.15, -0.1) is 0 Å². The van der Waals surface area contributed by atoms with E-state index in [0.717, 1.165) is 16.9 Å². The van der Waals surface area contributed by atoms with Gasteiger partial charge >= 0.3 is 0 Å². The molecule has 3 aromatic rings. The molecule has 0 fully saturated rings. The highest BCUT2D eigenvalue weighted by molar-refractivity contribution is 6.31. The molecule has 0 aliphatic heterocycles. The zero-order valence-corrected chi connectivity index (χ0v) is 12.8. The molecule has 0 bridgehead atoms. The molecule has 0 aliphatic carbocycles. The molecule has 0 spiro atoms. The van der Waals surface area contributed by atoms with Gasteiger partial charge in [0.05, 0.1) is 10.7 Å². The zero-order valence-electron chi connectivity index (χ0n) is 12.0. The van der Waals surface area contributed by atoms with Gasteiger partial charge in [0.15, 0.2) is 0 Å². The molecular weight excluding hydrogens is 299 g/mol. The van der Waals surface area contributed by atoms with Crippen LogP contribution in [0.1, 0.15) is 11.3 Å². The quantitative estimate of drug-likeness (QED) is 0.582. The van der Waals surface area contributed by atoms with Gasteiger partial charge < -0.3 is 4.57 Å². The van der Waals surface area contributed by atoms with Crippen LogP contribution in [0.15, 0.2) is 65.8 Å². The molecule has 2 aromatic carbocycles. The van der Waals surface area contributed by atoms with Crippen molar-refractivity contribution >= 4 is 23.5 Å². The molecule has 0 radical (unpaired) electrons. The summed E-state index contributed by atoms with van der Waals surface area (Å²) in [4.78, 5) is 4.34. The maximum atomic E-state index is 13.1. The van der Waals surface area contributed by atoms with Crippen LogP contribution < -0.4 is 0 Å². The second kappa shape index (κ2) is 6.16. The molecule has 3 rings (SSSR count). The van der Waals surface area contributed by atoms with Gasteiger partial charge in [-0.3, -0.25) is 4.99 Å². The van der Waals surface area contributed by atoms with Crippen molar-refractivity contribution in [1.29, 1.82) is 0 Å². The smallest absolute Gasteiger partial charge is 0.141 e. The third-order valence-electron chi connectivity index (χ3n) is 3.33. The molecule has 4 heteroatoms. The lowest BCUT2D eigenvalue weighted by Crippen LogP contribution is -1.93. The maximum Gasteiger partial charge on any atom is 0.141 e. The number of rotatable bonds is 3. The summed E-state index contributed by atoms with van der Waals surface area (Å²) in [6.45, 7) is 2.04. The van der Waals surface area contributed by atoms with Gasteiger partial charge in [0.25, 0.3) is 0 Å². The normalized spacial score (nSPS) is 11.2. The molecule has 0 unspecified atom stereocenters. The Balaban J connectivity index is 1.87. The first-order valence-corrected chi connectivity index (χ1v) is 7.25. The van der Waals surface area contributed by atoms with E-state index in [4.69, 9.17) is 11.6 Å². The molecular formula is C18H14ClFN2. The molecule has 1 heterocycles. The molecule has 2 nitrogen and oxygen atoms in total. The highest BCUT2D eigenvalue weighted by atomic mass is 35.5. The summed E-state index contributed by atoms with van der Waals surface area (Å²) in [5, 5.41) is 0.0766. The molecule has 0 saturated carbocycles. The minimum atomic E-state index is -0.438. The first kappa shape index (κ1) is 14.5. The molecule has 0 saturated heterocycles. The molecule has 0 N–H and O–H groups in total. The minimum absolute atomic E-state index is 0.0766. The van der Waals surface area contributed by atoms with Gasteiger partial charge in [-0.05, 0) is 43.3 Å². The van der Waals surface area contributed by atoms with Gasteiger partial charge in [0.1, 0.15) is 5.82 Å². The van der Waals surface area contributed by atoms with Gasteiger partial charge in [-0.2, -0.15) is 0 Å². The highest BCUT2D eigenvalue weighted by Gasteiger charge is 2.03. The van der Waals surface area contributed by atoms with Crippen LogP contribution in [0.2, 0.25) is 5.02 Å². The monoisotopic (exact) mass is 312 g/mol. The van der Waals surface area contributed by atoms with Crippen LogP contribution in [-0.4, -0.2) is 10.8 Å². The van der Waals surface area contributed by atoms with Gasteiger partial charge in [-0.1, -0.05) is 29.8 Å². The second-order valence-electron chi connectivity index (χ2n) is 4.98. The third kappa shape index (κ3) is 3.10. The first-order chi connectivity index (χ1) is 10.6. The van der Waals surface area contributed by atoms with E-state index < -0.39 is 5.82 Å². The SMILES string of the molecule is Cc1cc(C=Nc2ccc(F)c(Cl)c2)cn1-c1ccccc1. The van der Waals surface area contributed by atoms with E-state index in [0.29, 0.717) is 5.69 Å². The highest BCUT2D eigenvalue weighted by Crippen LogP contribution is 2.22. The Kier molecular flexibility index (Phi) is 4.07. The zero-order chi connectivity index (χ0) is 15.5. The fraction of sp³-hybridized carbons (Fsp3) is 0.0556. The number of halogens is 2. The fourth-order valence-corrected chi connectivity index (χ4v) is 2.43. The number of hydrogen-bond acceptors (Lipinski definition) is 1. The minimum Gasteiger partial charge on any atom is -0.321 e. The number of aliphatic imine (C=N–C) groups is 1. The van der Waals surface area contributed by atoms with Crippen molar-refractivity contribution in [2.75, 3.05) is 0 Å². The maximum absolute atomic E-state index is 13.1. The summed E-state index contributed by atoms with van der Waals surface area (Å²) < 4.78 is 15.2. The topological polar surface area (TPSA) is 17.3 Å². The summed E-state index contributed by atoms with van der Waals surface area (Å²) in [5.74, 6) is -0.438. The fourth-order valence-electron chi connectivity index (χ4n) is 2.25. The van der Waals surface area contributed by atoms with Crippen molar-refractivity contribution in [2.45, 2.75) is 6.92 Å². The number of nitrogens with zero attached hydrogens (tertiary/aromatic N) is 2. The molecule has 22 heavy (non-hydrogen) atoms. The number of aryl methyl sites for hydroxylation is 1. The van der Waals surface area contributed by atoms with Crippen LogP contribution in [0.4, 0.5) is 10.1 Å². The van der Waals surface area contributed by atoms with E-state index in [2.05, 4.69) is 9.56 Å². The van der Waals surface area contributed by atoms with E-state index in [9.17, 15) is 4.39 Å². The van der Waals surface area contributed by atoms with Gasteiger partial charge in [0.2, 0.25) is 0 Å². The molecule has 0 amide bonds. The van der Waals surface area contributed by atoms with Crippen molar-refractivity contribution in [1.82, 2.24) is 4.57 Å². The average molecular weight is 313 g/mol. The Labute approximate surface area is 133 Å². The van der Waals surface area contributed by atoms with E-state index >= 15 is 0 Å². The third-order valence-corrected chi connectivity index (χ3v) is 3.62. The van der Waals surface area contributed by atoms with E-state index in [-0.39, 0.29) is 5.02 Å². The Morgan fingerprint density at radius 1 is 1.09 bits per heavy atom. The Morgan fingerprint density at radius 2 is 1.86 bits per heavy atom. The Hall–Kier alpha value is -2.39. The van der Waals surface area contributed by atoms with Crippen LogP contribution in [0.5, 0.6) is 0 Å². The predicted octanol–water partition coefficient (Wildman–Crippen LogP) is 5.33. The number of benzene rings is 2. The summed E-state index contributed by atoms with van der Waals surface area (Å²) >= 11 is 5.75. The standard InChI is InChI=1S/C18H14ClFN2/c1-13-9-14(12-22(13)16-5-3-2-4-6-16)11-21-15-7-8-18(20)17(19)10-15/h2-12H,1H3.